The molecule has 4 N–H and O–H groups in total. The summed E-state index contributed by atoms with van der Waals surface area (Å²) in [5.74, 6) is -2.63. The largest absolute Gasteiger partial charge is 0.480 e. The fourth-order valence-electron chi connectivity index (χ4n) is 1.32. The molecule has 1 rings (SSSR count). The highest BCUT2D eigenvalue weighted by Gasteiger charge is 2.11. The molecule has 0 aromatic heterocycles. The molecule has 1 amide bonds. The molecule has 1 atom stereocenters. The standard InChI is InChI=1S/C12H14F2N2O3S/c13-7-3-8(14)5-9(4-7)16-11(17)6-20-2-1-10(15)12(18)19/h3-5,10H,1-2,6,15H2,(H,16,17)(H,18,19). The maximum atomic E-state index is 12.9. The van der Waals surface area contributed by atoms with Crippen molar-refractivity contribution >= 4 is 29.3 Å². The molecule has 8 heteroatoms. The highest BCUT2D eigenvalue weighted by Crippen LogP contribution is 2.13. The molecule has 0 heterocycles. The first kappa shape index (κ1) is 16.4. The average molecular weight is 304 g/mol. The van der Waals surface area contributed by atoms with Gasteiger partial charge in [-0.25, -0.2) is 8.78 Å². The maximum absolute atomic E-state index is 12.9. The number of carbonyl (C=O) groups is 2. The van der Waals surface area contributed by atoms with E-state index in [4.69, 9.17) is 10.8 Å². The van der Waals surface area contributed by atoms with Gasteiger partial charge < -0.3 is 16.2 Å². The average Bonchev–Trinajstić information content (AvgIpc) is 2.32. The lowest BCUT2D eigenvalue weighted by atomic mass is 10.2. The summed E-state index contributed by atoms with van der Waals surface area (Å²) in [6, 6.07) is 1.76. The Bertz CT molecular complexity index is 479. The smallest absolute Gasteiger partial charge is 0.320 e. The van der Waals surface area contributed by atoms with Gasteiger partial charge in [0.25, 0.3) is 0 Å². The van der Waals surface area contributed by atoms with E-state index in [9.17, 15) is 18.4 Å². The van der Waals surface area contributed by atoms with Gasteiger partial charge in [-0.15, -0.1) is 0 Å². The number of hydrogen-bond acceptors (Lipinski definition) is 4. The molecule has 1 aromatic carbocycles. The number of carbonyl (C=O) groups excluding carboxylic acids is 1. The van der Waals surface area contributed by atoms with Gasteiger partial charge in [0, 0.05) is 11.8 Å². The molecule has 1 aromatic rings. The van der Waals surface area contributed by atoms with Gasteiger partial charge in [0.15, 0.2) is 0 Å². The number of hydrogen-bond donors (Lipinski definition) is 3. The highest BCUT2D eigenvalue weighted by atomic mass is 32.2. The normalized spacial score (nSPS) is 11.9. The second-order valence-corrected chi connectivity index (χ2v) is 5.10. The number of carboxylic acid groups (broad SMARTS) is 1. The fraction of sp³-hybridized carbons (Fsp3) is 0.333. The van der Waals surface area contributed by atoms with Gasteiger partial charge in [-0.1, -0.05) is 0 Å². The fourth-order valence-corrected chi connectivity index (χ4v) is 2.14. The van der Waals surface area contributed by atoms with Crippen molar-refractivity contribution in [3.05, 3.63) is 29.8 Å². The number of rotatable bonds is 7. The molecule has 0 fully saturated rings. The quantitative estimate of drug-likeness (QED) is 0.663. The van der Waals surface area contributed by atoms with Crippen molar-refractivity contribution in [2.45, 2.75) is 12.5 Å². The van der Waals surface area contributed by atoms with Crippen molar-refractivity contribution in [2.75, 3.05) is 16.8 Å². The lowest BCUT2D eigenvalue weighted by Crippen LogP contribution is -2.30. The molecule has 1 unspecified atom stereocenters. The third kappa shape index (κ3) is 5.98. The lowest BCUT2D eigenvalue weighted by molar-refractivity contribution is -0.138. The van der Waals surface area contributed by atoms with Crippen molar-refractivity contribution in [3.8, 4) is 0 Å². The first-order valence-electron chi connectivity index (χ1n) is 5.70. The van der Waals surface area contributed by atoms with Crippen LogP contribution in [-0.2, 0) is 9.59 Å². The zero-order chi connectivity index (χ0) is 15.1. The van der Waals surface area contributed by atoms with Gasteiger partial charge in [0.05, 0.1) is 5.75 Å². The number of halogens is 2. The number of nitrogens with one attached hydrogen (secondary N) is 1. The summed E-state index contributed by atoms with van der Waals surface area (Å²) in [6.45, 7) is 0. The van der Waals surface area contributed by atoms with Crippen LogP contribution >= 0.6 is 11.8 Å². The molecule has 0 radical (unpaired) electrons. The van der Waals surface area contributed by atoms with E-state index in [1.54, 1.807) is 0 Å². The van der Waals surface area contributed by atoms with Crippen LogP contribution in [0.4, 0.5) is 14.5 Å². The van der Waals surface area contributed by atoms with E-state index in [-0.39, 0.29) is 17.9 Å². The lowest BCUT2D eigenvalue weighted by Gasteiger charge is -2.07. The number of anilines is 1. The first-order chi connectivity index (χ1) is 9.38. The second-order valence-electron chi connectivity index (χ2n) is 3.99. The van der Waals surface area contributed by atoms with Crippen LogP contribution in [0, 0.1) is 11.6 Å². The van der Waals surface area contributed by atoms with Crippen molar-refractivity contribution in [2.24, 2.45) is 5.73 Å². The maximum Gasteiger partial charge on any atom is 0.320 e. The Morgan fingerprint density at radius 3 is 2.45 bits per heavy atom. The van der Waals surface area contributed by atoms with Crippen LogP contribution in [0.3, 0.4) is 0 Å². The summed E-state index contributed by atoms with van der Waals surface area (Å²) in [7, 11) is 0. The van der Waals surface area contributed by atoms with E-state index in [0.29, 0.717) is 11.8 Å². The highest BCUT2D eigenvalue weighted by molar-refractivity contribution is 7.99. The molecular weight excluding hydrogens is 290 g/mol. The number of nitrogens with two attached hydrogens (primary N) is 1. The monoisotopic (exact) mass is 304 g/mol. The molecule has 0 saturated carbocycles. The van der Waals surface area contributed by atoms with Crippen LogP contribution < -0.4 is 11.1 Å². The molecule has 0 bridgehead atoms. The molecule has 20 heavy (non-hydrogen) atoms. The van der Waals surface area contributed by atoms with Gasteiger partial charge in [-0.3, -0.25) is 9.59 Å². The predicted molar refractivity (Wildman–Crippen MR) is 72.5 cm³/mol. The molecule has 0 aliphatic heterocycles. The van der Waals surface area contributed by atoms with E-state index >= 15 is 0 Å². The van der Waals surface area contributed by atoms with Gasteiger partial charge in [-0.05, 0) is 24.3 Å². The summed E-state index contributed by atoms with van der Waals surface area (Å²) < 4.78 is 25.8. The van der Waals surface area contributed by atoms with E-state index < -0.39 is 29.6 Å². The number of carboxylic acids is 1. The number of benzene rings is 1. The number of thioether (sulfide) groups is 1. The van der Waals surface area contributed by atoms with Gasteiger partial charge in [0.1, 0.15) is 17.7 Å². The van der Waals surface area contributed by atoms with Crippen molar-refractivity contribution in [1.29, 1.82) is 0 Å². The van der Waals surface area contributed by atoms with Crippen molar-refractivity contribution in [1.82, 2.24) is 0 Å². The SMILES string of the molecule is NC(CCSCC(=O)Nc1cc(F)cc(F)c1)C(=O)O. The third-order valence-electron chi connectivity index (χ3n) is 2.27. The Morgan fingerprint density at radius 1 is 1.30 bits per heavy atom. The minimum atomic E-state index is -1.09. The Balaban J connectivity index is 2.32. The summed E-state index contributed by atoms with van der Waals surface area (Å²) >= 11 is 1.19. The first-order valence-corrected chi connectivity index (χ1v) is 6.86. The molecular formula is C12H14F2N2O3S. The minimum absolute atomic E-state index is 0.0373. The Hall–Kier alpha value is -1.67. The third-order valence-corrected chi connectivity index (χ3v) is 3.26. The summed E-state index contributed by atoms with van der Waals surface area (Å²) in [6.07, 6.45) is 0.238. The Labute approximate surface area is 118 Å². The molecule has 0 aliphatic rings. The summed E-state index contributed by atoms with van der Waals surface area (Å²) in [5.41, 5.74) is 5.33. The van der Waals surface area contributed by atoms with Crippen LogP contribution in [0.5, 0.6) is 0 Å². The Kier molecular flexibility index (Phi) is 6.40. The predicted octanol–water partition coefficient (Wildman–Crippen LogP) is 1.44. The molecule has 0 spiro atoms. The topological polar surface area (TPSA) is 92.4 Å². The van der Waals surface area contributed by atoms with E-state index in [1.807, 2.05) is 0 Å². The minimum Gasteiger partial charge on any atom is -0.480 e. The number of aliphatic carboxylic acids is 1. The zero-order valence-electron chi connectivity index (χ0n) is 10.4. The van der Waals surface area contributed by atoms with Crippen molar-refractivity contribution in [3.63, 3.8) is 0 Å². The van der Waals surface area contributed by atoms with Gasteiger partial charge in [-0.2, -0.15) is 11.8 Å². The van der Waals surface area contributed by atoms with E-state index in [0.717, 1.165) is 12.1 Å². The van der Waals surface area contributed by atoms with E-state index in [1.165, 1.54) is 11.8 Å². The second kappa shape index (κ2) is 7.81. The van der Waals surface area contributed by atoms with Crippen LogP contribution in [-0.4, -0.2) is 34.5 Å². The zero-order valence-corrected chi connectivity index (χ0v) is 11.3. The van der Waals surface area contributed by atoms with Crippen LogP contribution in [0.1, 0.15) is 6.42 Å². The molecule has 5 nitrogen and oxygen atoms in total. The summed E-state index contributed by atoms with van der Waals surface area (Å²) in [4.78, 5) is 21.9. The summed E-state index contributed by atoms with van der Waals surface area (Å²) in [5, 5.41) is 10.9. The van der Waals surface area contributed by atoms with Gasteiger partial charge >= 0.3 is 5.97 Å². The molecule has 0 aliphatic carbocycles. The van der Waals surface area contributed by atoms with Crippen LogP contribution in [0.15, 0.2) is 18.2 Å². The van der Waals surface area contributed by atoms with Crippen LogP contribution in [0.25, 0.3) is 0 Å². The van der Waals surface area contributed by atoms with Gasteiger partial charge in [0.2, 0.25) is 5.91 Å². The number of amides is 1. The molecule has 0 saturated heterocycles. The van der Waals surface area contributed by atoms with Crippen molar-refractivity contribution < 1.29 is 23.5 Å². The Morgan fingerprint density at radius 2 is 1.90 bits per heavy atom. The van der Waals surface area contributed by atoms with E-state index in [2.05, 4.69) is 5.32 Å². The molecule has 110 valence electrons. The van der Waals surface area contributed by atoms with Crippen LogP contribution in [0.2, 0.25) is 0 Å².